The van der Waals surface area contributed by atoms with Crippen LogP contribution in [0.4, 0.5) is 0 Å². The Bertz CT molecular complexity index is 1550. The summed E-state index contributed by atoms with van der Waals surface area (Å²) in [5.41, 5.74) is 4.89. The molecule has 10 heteroatoms. The van der Waals surface area contributed by atoms with Crippen LogP contribution in [0.5, 0.6) is 5.75 Å². The highest BCUT2D eigenvalue weighted by atomic mass is 32.2. The van der Waals surface area contributed by atoms with Crippen LogP contribution in [0.25, 0.3) is 22.2 Å². The zero-order valence-corrected chi connectivity index (χ0v) is 25.1. The molecule has 0 saturated heterocycles. The molecule has 3 aromatic rings. The van der Waals surface area contributed by atoms with E-state index in [1.54, 1.807) is 6.07 Å². The van der Waals surface area contributed by atoms with Crippen LogP contribution in [0, 0.1) is 0 Å². The molecule has 2 aromatic carbocycles. The molecule has 1 fully saturated rings. The second-order valence-electron chi connectivity index (χ2n) is 11.9. The van der Waals surface area contributed by atoms with E-state index in [-0.39, 0.29) is 12.6 Å². The highest BCUT2D eigenvalue weighted by Gasteiger charge is 2.32. The predicted molar refractivity (Wildman–Crippen MR) is 162 cm³/mol. The van der Waals surface area contributed by atoms with Gasteiger partial charge in [0.15, 0.2) is 0 Å². The van der Waals surface area contributed by atoms with E-state index in [0.717, 1.165) is 48.1 Å². The number of para-hydroxylation sites is 1. The smallest absolute Gasteiger partial charge is 0.303 e. The number of rotatable bonds is 1. The van der Waals surface area contributed by atoms with Crippen LogP contribution in [-0.2, 0) is 16.8 Å². The summed E-state index contributed by atoms with van der Waals surface area (Å²) in [6, 6.07) is 14.1. The van der Waals surface area contributed by atoms with E-state index < -0.39 is 16.1 Å². The van der Waals surface area contributed by atoms with Gasteiger partial charge in [-0.3, -0.25) is 9.69 Å². The SMILES string of the molecule is CN1CCN(C)[C@H]2COc3ccccc3-c3c(C4CCCCC4)c4ccc(cc4n3C2)C(=O)NS(=O)(=O)N(C)CC1. The molecule has 220 valence electrons. The highest BCUT2D eigenvalue weighted by molar-refractivity contribution is 7.87. The molecule has 1 amide bonds. The molecule has 2 aliphatic heterocycles. The van der Waals surface area contributed by atoms with Gasteiger partial charge in [-0.2, -0.15) is 12.7 Å². The van der Waals surface area contributed by atoms with Crippen molar-refractivity contribution in [1.29, 1.82) is 0 Å². The number of carbonyl (C=O) groups is 1. The molecule has 3 heterocycles. The van der Waals surface area contributed by atoms with Gasteiger partial charge in [0.1, 0.15) is 12.4 Å². The molecule has 0 unspecified atom stereocenters. The molecule has 1 atom stereocenters. The number of fused-ring (bicyclic) bond motifs is 4. The largest absolute Gasteiger partial charge is 0.491 e. The van der Waals surface area contributed by atoms with Gasteiger partial charge in [0.2, 0.25) is 0 Å². The van der Waals surface area contributed by atoms with Gasteiger partial charge in [0.05, 0.1) is 11.7 Å². The topological polar surface area (TPSA) is 87.1 Å². The minimum Gasteiger partial charge on any atom is -0.491 e. The molecular formula is C31H41N5O4S. The second-order valence-corrected chi connectivity index (χ2v) is 13.7. The summed E-state index contributed by atoms with van der Waals surface area (Å²) in [4.78, 5) is 17.8. The first kappa shape index (κ1) is 28.2. The zero-order valence-electron chi connectivity index (χ0n) is 24.3. The van der Waals surface area contributed by atoms with Crippen LogP contribution in [0.3, 0.4) is 0 Å². The molecule has 6 rings (SSSR count). The molecule has 0 spiro atoms. The third-order valence-corrected chi connectivity index (χ3v) is 10.7. The normalized spacial score (nSPS) is 23.6. The Balaban J connectivity index is 1.58. The van der Waals surface area contributed by atoms with Gasteiger partial charge in [-0.05, 0) is 62.7 Å². The van der Waals surface area contributed by atoms with Crippen LogP contribution in [0.2, 0.25) is 0 Å². The standard InChI is InChI=1S/C31H41N5O4S/c1-33-15-17-34(2)24-20-36-27-19-23(31(37)32-41(38,39)35(3)18-16-33)13-14-25(27)29(22-9-5-4-6-10-22)30(36)26-11-7-8-12-28(26)40-21-24/h7-8,11-14,19,22,24H,4-6,9-10,15-18,20-21H2,1-3H3,(H,32,37)/t24-/m1/s1. The summed E-state index contributed by atoms with van der Waals surface area (Å²) in [7, 11) is 1.66. The summed E-state index contributed by atoms with van der Waals surface area (Å²) < 4.78 is 38.5. The number of benzene rings is 2. The Labute approximate surface area is 243 Å². The summed E-state index contributed by atoms with van der Waals surface area (Å²) >= 11 is 0. The predicted octanol–water partition coefficient (Wildman–Crippen LogP) is 3.90. The molecule has 1 aliphatic carbocycles. The lowest BCUT2D eigenvalue weighted by Gasteiger charge is -2.33. The molecule has 1 aromatic heterocycles. The number of hydrogen-bond donors (Lipinski definition) is 1. The third-order valence-electron chi connectivity index (χ3n) is 9.23. The Hall–Kier alpha value is -2.92. The van der Waals surface area contributed by atoms with E-state index in [4.69, 9.17) is 4.74 Å². The van der Waals surface area contributed by atoms with Gasteiger partial charge in [-0.1, -0.05) is 37.5 Å². The number of likely N-dealkylation sites (N-methyl/N-ethyl adjacent to an activating group) is 3. The maximum atomic E-state index is 13.4. The van der Waals surface area contributed by atoms with Crippen molar-refractivity contribution >= 4 is 27.0 Å². The summed E-state index contributed by atoms with van der Waals surface area (Å²) in [6.45, 7) is 3.68. The van der Waals surface area contributed by atoms with Gasteiger partial charge in [0, 0.05) is 61.8 Å². The number of nitrogens with one attached hydrogen (secondary N) is 1. The summed E-state index contributed by atoms with van der Waals surface area (Å²) in [5.74, 6) is 0.685. The fourth-order valence-corrected chi connectivity index (χ4v) is 7.44. The van der Waals surface area contributed by atoms with E-state index in [2.05, 4.69) is 44.3 Å². The van der Waals surface area contributed by atoms with Crippen LogP contribution in [-0.4, -0.2) is 93.0 Å². The zero-order chi connectivity index (χ0) is 28.7. The molecule has 1 N–H and O–H groups in total. The maximum absolute atomic E-state index is 13.4. The van der Waals surface area contributed by atoms with Crippen molar-refractivity contribution in [2.24, 2.45) is 0 Å². The Morgan fingerprint density at radius 3 is 2.49 bits per heavy atom. The Morgan fingerprint density at radius 2 is 1.68 bits per heavy atom. The van der Waals surface area contributed by atoms with Crippen LogP contribution in [0.1, 0.15) is 53.9 Å². The number of carbonyl (C=O) groups excluding carboxylic acids is 1. The second kappa shape index (κ2) is 11.4. The first-order chi connectivity index (χ1) is 19.7. The molecule has 0 radical (unpaired) electrons. The minimum atomic E-state index is -3.98. The van der Waals surface area contributed by atoms with E-state index in [9.17, 15) is 13.2 Å². The van der Waals surface area contributed by atoms with Crippen molar-refractivity contribution < 1.29 is 17.9 Å². The Kier molecular flexibility index (Phi) is 7.84. The fourth-order valence-electron chi connectivity index (χ4n) is 6.61. The minimum absolute atomic E-state index is 0.110. The van der Waals surface area contributed by atoms with Crippen molar-refractivity contribution in [2.45, 2.75) is 50.6 Å². The fraction of sp³-hybridized carbons (Fsp3) is 0.516. The molecular weight excluding hydrogens is 538 g/mol. The van der Waals surface area contributed by atoms with Crippen molar-refractivity contribution in [1.82, 2.24) is 23.4 Å². The van der Waals surface area contributed by atoms with Crippen molar-refractivity contribution in [3.05, 3.63) is 53.6 Å². The number of aromatic nitrogens is 1. The van der Waals surface area contributed by atoms with Gasteiger partial charge in [-0.15, -0.1) is 0 Å². The molecule has 1 saturated carbocycles. The number of amides is 1. The van der Waals surface area contributed by atoms with Crippen LogP contribution < -0.4 is 9.46 Å². The van der Waals surface area contributed by atoms with Gasteiger partial charge >= 0.3 is 10.2 Å². The van der Waals surface area contributed by atoms with E-state index >= 15 is 0 Å². The van der Waals surface area contributed by atoms with Crippen molar-refractivity contribution in [3.63, 3.8) is 0 Å². The van der Waals surface area contributed by atoms with Gasteiger partial charge in [-0.25, -0.2) is 4.72 Å². The molecule has 3 aliphatic rings. The summed E-state index contributed by atoms with van der Waals surface area (Å²) in [5, 5.41) is 1.14. The lowest BCUT2D eigenvalue weighted by Crippen LogP contribution is -2.46. The number of ether oxygens (including phenoxy) is 1. The summed E-state index contributed by atoms with van der Waals surface area (Å²) in [6.07, 6.45) is 5.95. The van der Waals surface area contributed by atoms with Crippen LogP contribution >= 0.6 is 0 Å². The lowest BCUT2D eigenvalue weighted by atomic mass is 9.81. The molecule has 41 heavy (non-hydrogen) atoms. The number of hydrogen-bond acceptors (Lipinski definition) is 6. The van der Waals surface area contributed by atoms with Crippen molar-refractivity contribution in [3.8, 4) is 17.0 Å². The van der Waals surface area contributed by atoms with E-state index in [1.807, 2.05) is 25.2 Å². The molecule has 9 nitrogen and oxygen atoms in total. The van der Waals surface area contributed by atoms with Gasteiger partial charge in [0.25, 0.3) is 5.91 Å². The average Bonchev–Trinajstić information content (AvgIpc) is 3.27. The molecule has 4 bridgehead atoms. The lowest BCUT2D eigenvalue weighted by molar-refractivity contribution is 0.0979. The number of nitrogens with zero attached hydrogens (tertiary/aromatic N) is 4. The van der Waals surface area contributed by atoms with Crippen LogP contribution in [0.15, 0.2) is 42.5 Å². The van der Waals surface area contributed by atoms with E-state index in [0.29, 0.717) is 31.2 Å². The first-order valence-corrected chi connectivity index (χ1v) is 16.2. The third kappa shape index (κ3) is 5.50. The highest BCUT2D eigenvalue weighted by Crippen LogP contribution is 2.47. The van der Waals surface area contributed by atoms with E-state index in [1.165, 1.54) is 41.9 Å². The maximum Gasteiger partial charge on any atom is 0.303 e. The Morgan fingerprint density at radius 1 is 0.927 bits per heavy atom. The quantitative estimate of drug-likeness (QED) is 0.471. The van der Waals surface area contributed by atoms with Gasteiger partial charge < -0.3 is 14.2 Å². The monoisotopic (exact) mass is 579 g/mol. The van der Waals surface area contributed by atoms with Crippen molar-refractivity contribution in [2.75, 3.05) is 53.9 Å². The average molecular weight is 580 g/mol. The first-order valence-electron chi connectivity index (χ1n) is 14.8.